The summed E-state index contributed by atoms with van der Waals surface area (Å²) >= 11 is 0. The average Bonchev–Trinajstić information content (AvgIpc) is 2.48. The van der Waals surface area contributed by atoms with Crippen molar-refractivity contribution >= 4 is 22.1 Å². The zero-order chi connectivity index (χ0) is 18.4. The van der Waals surface area contributed by atoms with E-state index in [4.69, 9.17) is 14.4 Å². The Balaban J connectivity index is -0.000000441. The fraction of sp³-hybridized carbons (Fsp3) is 0.875. The van der Waals surface area contributed by atoms with Gasteiger partial charge in [0.2, 0.25) is 0 Å². The van der Waals surface area contributed by atoms with Crippen molar-refractivity contribution in [1.82, 2.24) is 0 Å². The van der Waals surface area contributed by atoms with Gasteiger partial charge in [0.05, 0.1) is 13.0 Å². The van der Waals surface area contributed by atoms with E-state index >= 15 is 0 Å². The van der Waals surface area contributed by atoms with E-state index in [2.05, 4.69) is 6.92 Å². The molecule has 0 aromatic heterocycles. The number of carboxylic acids is 1. The molecule has 0 bridgehead atoms. The van der Waals surface area contributed by atoms with Crippen molar-refractivity contribution in [3.05, 3.63) is 0 Å². The van der Waals surface area contributed by atoms with E-state index in [1.54, 1.807) is 0 Å². The number of carbonyl (C=O) groups excluding carboxylic acids is 1. The minimum absolute atomic E-state index is 0. The van der Waals surface area contributed by atoms with Gasteiger partial charge in [0.1, 0.15) is 0 Å². The van der Waals surface area contributed by atoms with Crippen LogP contribution in [0.15, 0.2) is 0 Å². The molecule has 0 heterocycles. The quantitative estimate of drug-likeness (QED) is 0.123. The number of hydrogen-bond acceptors (Lipinski definition) is 5. The summed E-state index contributed by atoms with van der Waals surface area (Å²) in [6.07, 6.45) is 10.5. The number of esters is 1. The topological polar surface area (TPSA) is 118 Å². The van der Waals surface area contributed by atoms with Gasteiger partial charge in [-0.2, -0.15) is 8.42 Å². The molecule has 0 fully saturated rings. The molecule has 0 aliphatic heterocycles. The third-order valence-corrected chi connectivity index (χ3v) is 4.84. The van der Waals surface area contributed by atoms with Crippen LogP contribution < -0.4 is 103 Å². The molecule has 1 unspecified atom stereocenters. The Kier molecular flexibility index (Phi) is 25.7. The molecule has 0 aliphatic carbocycles. The van der Waals surface area contributed by atoms with Crippen LogP contribution in [0.1, 0.15) is 80.4 Å². The van der Waals surface area contributed by atoms with E-state index < -0.39 is 33.7 Å². The summed E-state index contributed by atoms with van der Waals surface area (Å²) in [4.78, 5) is 22.1. The van der Waals surface area contributed by atoms with Crippen LogP contribution >= 0.6 is 0 Å². The van der Waals surface area contributed by atoms with Gasteiger partial charge in [-0.1, -0.05) is 64.7 Å². The molecule has 0 amide bonds. The summed E-state index contributed by atoms with van der Waals surface area (Å²) in [6.45, 7) is 2.32. The van der Waals surface area contributed by atoms with E-state index in [0.717, 1.165) is 19.3 Å². The Hall–Kier alpha value is 2.12. The molecule has 0 saturated carbocycles. The second-order valence-corrected chi connectivity index (χ2v) is 7.55. The first-order valence-corrected chi connectivity index (χ1v) is 10.1. The molecule has 0 rings (SSSR count). The van der Waals surface area contributed by atoms with Crippen molar-refractivity contribution in [2.75, 3.05) is 6.61 Å². The minimum atomic E-state index is -4.81. The van der Waals surface area contributed by atoms with Gasteiger partial charge >= 0.3 is 115 Å². The molecule has 146 valence electrons. The number of ether oxygens (including phenoxy) is 1. The molecule has 10 heteroatoms. The molecular weight excluding hydrogens is 414 g/mol. The standard InChI is InChI=1S/C16H30O7S.2K.2H/c1-2-3-4-5-6-7-8-9-10-11-12-23-15(17)13-14(16(18)19)24(20,21)22;;;;/h14H,2-13H2,1H3,(H,18,19)(H,20,21,22);;;;/q;2*+1;2*-1. The molecule has 0 spiro atoms. The smallest absolute Gasteiger partial charge is 1.00 e. The molecule has 0 radical (unpaired) electrons. The second kappa shape index (κ2) is 20.4. The van der Waals surface area contributed by atoms with Gasteiger partial charge in [-0.15, -0.1) is 0 Å². The van der Waals surface area contributed by atoms with Crippen LogP contribution in [-0.4, -0.2) is 41.9 Å². The summed E-state index contributed by atoms with van der Waals surface area (Å²) in [7, 11) is -4.81. The number of carbonyl (C=O) groups is 2. The van der Waals surface area contributed by atoms with Crippen LogP contribution in [0.4, 0.5) is 0 Å². The first-order chi connectivity index (χ1) is 11.3. The van der Waals surface area contributed by atoms with E-state index in [9.17, 15) is 18.0 Å². The summed E-state index contributed by atoms with van der Waals surface area (Å²) in [5, 5.41) is 6.50. The van der Waals surface area contributed by atoms with Gasteiger partial charge in [0.15, 0.2) is 5.25 Å². The zero-order valence-corrected chi connectivity index (χ0v) is 23.5. The minimum Gasteiger partial charge on any atom is -1.00 e. The summed E-state index contributed by atoms with van der Waals surface area (Å²) in [5.74, 6) is -2.70. The number of carboxylic acid groups (broad SMARTS) is 1. The summed E-state index contributed by atoms with van der Waals surface area (Å²) in [5.41, 5.74) is 0. The maximum absolute atomic E-state index is 11.4. The monoisotopic (exact) mass is 446 g/mol. The largest absolute Gasteiger partial charge is 1.00 e. The second-order valence-electron chi connectivity index (χ2n) is 5.95. The van der Waals surface area contributed by atoms with Crippen molar-refractivity contribution in [3.8, 4) is 0 Å². The van der Waals surface area contributed by atoms with Gasteiger partial charge in [-0.25, -0.2) is 0 Å². The molecule has 2 N–H and O–H groups in total. The van der Waals surface area contributed by atoms with E-state index in [1.165, 1.54) is 38.5 Å². The third-order valence-electron chi connectivity index (χ3n) is 3.75. The Morgan fingerprint density at radius 1 is 0.923 bits per heavy atom. The number of rotatable bonds is 15. The van der Waals surface area contributed by atoms with E-state index in [0.29, 0.717) is 6.42 Å². The molecule has 1 atom stereocenters. The predicted molar refractivity (Wildman–Crippen MR) is 92.6 cm³/mol. The van der Waals surface area contributed by atoms with Crippen LogP contribution in [0.3, 0.4) is 0 Å². The van der Waals surface area contributed by atoms with Crippen molar-refractivity contribution in [3.63, 3.8) is 0 Å². The van der Waals surface area contributed by atoms with Gasteiger partial charge in [0.25, 0.3) is 10.1 Å². The Bertz CT molecular complexity index is 480. The van der Waals surface area contributed by atoms with E-state index in [1.807, 2.05) is 0 Å². The number of hydrogen-bond donors (Lipinski definition) is 2. The zero-order valence-electron chi connectivity index (χ0n) is 18.4. The summed E-state index contributed by atoms with van der Waals surface area (Å²) < 4.78 is 35.2. The number of aliphatic carboxylic acids is 1. The van der Waals surface area contributed by atoms with Gasteiger partial charge in [0, 0.05) is 0 Å². The molecule has 26 heavy (non-hydrogen) atoms. The Labute approximate surface area is 245 Å². The van der Waals surface area contributed by atoms with Crippen LogP contribution in [0.2, 0.25) is 0 Å². The van der Waals surface area contributed by atoms with Crippen molar-refractivity contribution in [2.45, 2.75) is 82.8 Å². The Morgan fingerprint density at radius 2 is 1.35 bits per heavy atom. The molecular formula is C16H32K2O7S. The SMILES string of the molecule is CCCCCCCCCCCCOC(=O)CC(C(=O)O)S(=O)(=O)O.[H-].[H-].[K+].[K+]. The van der Waals surface area contributed by atoms with Crippen LogP contribution in [0.25, 0.3) is 0 Å². The normalized spacial score (nSPS) is 11.8. The van der Waals surface area contributed by atoms with Crippen LogP contribution in [0.5, 0.6) is 0 Å². The third kappa shape index (κ3) is 19.4. The fourth-order valence-corrected chi connectivity index (χ4v) is 2.91. The molecule has 7 nitrogen and oxygen atoms in total. The van der Waals surface area contributed by atoms with Gasteiger partial charge in [-0.05, 0) is 6.42 Å². The molecule has 0 aliphatic rings. The van der Waals surface area contributed by atoms with Crippen molar-refractivity contribution < 1.29 is 138 Å². The van der Waals surface area contributed by atoms with Crippen LogP contribution in [0, 0.1) is 0 Å². The first-order valence-electron chi connectivity index (χ1n) is 8.63. The molecule has 0 aromatic rings. The summed E-state index contributed by atoms with van der Waals surface area (Å²) in [6, 6.07) is 0. The fourth-order valence-electron chi connectivity index (χ4n) is 2.31. The number of unbranched alkanes of at least 4 members (excludes halogenated alkanes) is 9. The average molecular weight is 447 g/mol. The van der Waals surface area contributed by atoms with Crippen molar-refractivity contribution in [2.24, 2.45) is 0 Å². The maximum Gasteiger partial charge on any atom is 1.00 e. The predicted octanol–water partition coefficient (Wildman–Crippen LogP) is -2.59. The molecule has 0 saturated heterocycles. The van der Waals surface area contributed by atoms with Crippen LogP contribution in [-0.2, 0) is 24.4 Å². The van der Waals surface area contributed by atoms with Gasteiger partial charge < -0.3 is 12.7 Å². The molecule has 0 aromatic carbocycles. The first kappa shape index (κ1) is 32.8. The Morgan fingerprint density at radius 3 is 1.73 bits per heavy atom. The van der Waals surface area contributed by atoms with Gasteiger partial charge in [-0.3, -0.25) is 14.1 Å². The maximum atomic E-state index is 11.4. The van der Waals surface area contributed by atoms with Crippen molar-refractivity contribution in [1.29, 1.82) is 0 Å². The van der Waals surface area contributed by atoms with E-state index in [-0.39, 0.29) is 112 Å².